The molecule has 0 fully saturated rings. The minimum atomic E-state index is -1.14. The molecule has 1 atom stereocenters. The van der Waals surface area contributed by atoms with Gasteiger partial charge in [-0.25, -0.2) is 0 Å². The summed E-state index contributed by atoms with van der Waals surface area (Å²) in [4.78, 5) is 29.0. The Morgan fingerprint density at radius 2 is 1.46 bits per heavy atom. The Morgan fingerprint density at radius 3 is 1.95 bits per heavy atom. The third-order valence-corrected chi connectivity index (χ3v) is 5.59. The van der Waals surface area contributed by atoms with Crippen LogP contribution in [0.5, 0.6) is 17.2 Å². The van der Waals surface area contributed by atoms with Gasteiger partial charge in [0.25, 0.3) is 0 Å². The smallest absolute Gasteiger partial charge is 0.304 e. The second kappa shape index (κ2) is 12.5. The molecule has 0 aliphatic rings. The van der Waals surface area contributed by atoms with E-state index in [1.807, 2.05) is 39.0 Å². The van der Waals surface area contributed by atoms with E-state index in [9.17, 15) is 14.9 Å². The third kappa shape index (κ3) is 7.09. The number of nitrogens with zero attached hydrogens (tertiary/aromatic N) is 2. The van der Waals surface area contributed by atoms with E-state index in [-0.39, 0.29) is 0 Å². The minimum Gasteiger partial charge on any atom is -0.493 e. The van der Waals surface area contributed by atoms with Crippen molar-refractivity contribution in [2.75, 3.05) is 26.2 Å². The fraction of sp³-hybridized carbons (Fsp3) is 0.258. The van der Waals surface area contributed by atoms with Crippen molar-refractivity contribution >= 4 is 17.5 Å². The highest BCUT2D eigenvalue weighted by molar-refractivity contribution is 6.10. The van der Waals surface area contributed by atoms with Crippen LogP contribution >= 0.6 is 0 Å². The number of ether oxygens (including phenoxy) is 3. The first-order valence-electron chi connectivity index (χ1n) is 12.1. The van der Waals surface area contributed by atoms with E-state index in [1.54, 1.807) is 48.5 Å². The Labute approximate surface area is 229 Å². The van der Waals surface area contributed by atoms with Crippen LogP contribution < -0.4 is 24.4 Å². The van der Waals surface area contributed by atoms with Crippen molar-refractivity contribution in [3.63, 3.8) is 0 Å². The Bertz CT molecular complexity index is 1400. The third-order valence-electron chi connectivity index (χ3n) is 5.59. The predicted octanol–water partition coefficient (Wildman–Crippen LogP) is 4.62. The van der Waals surface area contributed by atoms with Crippen molar-refractivity contribution in [3.8, 4) is 35.2 Å². The van der Waals surface area contributed by atoms with Gasteiger partial charge in [0, 0.05) is 29.2 Å². The van der Waals surface area contributed by atoms with E-state index in [0.29, 0.717) is 39.6 Å². The van der Waals surface area contributed by atoms with Crippen LogP contribution in [0.25, 0.3) is 0 Å². The van der Waals surface area contributed by atoms with Gasteiger partial charge in [-0.2, -0.15) is 5.26 Å². The molecule has 8 nitrogen and oxygen atoms in total. The molecular formula is C31H31N3O5. The molecule has 0 aliphatic heterocycles. The number of amides is 2. The molecule has 0 heterocycles. The van der Waals surface area contributed by atoms with E-state index < -0.39 is 23.4 Å². The van der Waals surface area contributed by atoms with Gasteiger partial charge in [-0.15, -0.1) is 0 Å². The molecule has 3 aromatic carbocycles. The van der Waals surface area contributed by atoms with Gasteiger partial charge in [-0.1, -0.05) is 36.3 Å². The summed E-state index contributed by atoms with van der Waals surface area (Å²) in [5.74, 6) is 5.44. The molecule has 0 saturated heterocycles. The van der Waals surface area contributed by atoms with Crippen LogP contribution in [0.1, 0.15) is 43.5 Å². The number of carbonyl (C=O) groups is 2. The number of hydrogen-bond donors (Lipinski definition) is 1. The first kappa shape index (κ1) is 28.6. The zero-order valence-corrected chi connectivity index (χ0v) is 22.9. The van der Waals surface area contributed by atoms with Gasteiger partial charge in [0.2, 0.25) is 11.7 Å². The van der Waals surface area contributed by atoms with Crippen LogP contribution in [0.3, 0.4) is 0 Å². The summed E-state index contributed by atoms with van der Waals surface area (Å²) in [6.45, 7) is 5.55. The molecule has 1 unspecified atom stereocenters. The lowest BCUT2D eigenvalue weighted by Gasteiger charge is -2.33. The van der Waals surface area contributed by atoms with Gasteiger partial charge in [-0.3, -0.25) is 14.5 Å². The van der Waals surface area contributed by atoms with Crippen LogP contribution in [-0.2, 0) is 9.59 Å². The average Bonchev–Trinajstić information content (AvgIpc) is 2.93. The quantitative estimate of drug-likeness (QED) is 0.452. The molecule has 3 rings (SSSR count). The lowest BCUT2D eigenvalue weighted by molar-refractivity contribution is -0.126. The fourth-order valence-corrected chi connectivity index (χ4v) is 3.89. The number of anilines is 1. The molecule has 3 aromatic rings. The van der Waals surface area contributed by atoms with Gasteiger partial charge in [0.1, 0.15) is 6.04 Å². The summed E-state index contributed by atoms with van der Waals surface area (Å²) in [6.07, 6.45) is 0. The van der Waals surface area contributed by atoms with Crippen LogP contribution in [0.15, 0.2) is 66.7 Å². The standard InChI is InChI=1S/C31H31N3O5/c1-31(2,3)33-30(36)28(23-15-12-22(20-32)13-16-23)34(27(35)17-14-21-10-8-7-9-11-21)24-18-25(37-4)29(39-6)26(19-24)38-5/h7-13,15-16,18-19,28H,1-6H3,(H,33,36). The molecular weight excluding hydrogens is 494 g/mol. The average molecular weight is 526 g/mol. The highest BCUT2D eigenvalue weighted by atomic mass is 16.5. The number of carbonyl (C=O) groups excluding carboxylic acids is 2. The highest BCUT2D eigenvalue weighted by Gasteiger charge is 2.35. The predicted molar refractivity (Wildman–Crippen MR) is 149 cm³/mol. The van der Waals surface area contributed by atoms with E-state index in [1.165, 1.54) is 26.2 Å². The van der Waals surface area contributed by atoms with Crippen LogP contribution in [0.2, 0.25) is 0 Å². The van der Waals surface area contributed by atoms with E-state index >= 15 is 0 Å². The molecule has 0 radical (unpaired) electrons. The molecule has 0 aliphatic carbocycles. The first-order chi connectivity index (χ1) is 18.6. The number of hydrogen-bond acceptors (Lipinski definition) is 6. The van der Waals surface area contributed by atoms with Crippen molar-refractivity contribution < 1.29 is 23.8 Å². The second-order valence-corrected chi connectivity index (χ2v) is 9.55. The van der Waals surface area contributed by atoms with Gasteiger partial charge in [-0.05, 0) is 50.6 Å². The summed E-state index contributed by atoms with van der Waals surface area (Å²) in [6, 6.07) is 19.7. The first-order valence-corrected chi connectivity index (χ1v) is 12.1. The Hall–Kier alpha value is -4.95. The highest BCUT2D eigenvalue weighted by Crippen LogP contribution is 2.43. The maximum absolute atomic E-state index is 13.9. The van der Waals surface area contributed by atoms with Crippen LogP contribution in [0.4, 0.5) is 5.69 Å². The van der Waals surface area contributed by atoms with Gasteiger partial charge >= 0.3 is 5.91 Å². The molecule has 8 heteroatoms. The monoisotopic (exact) mass is 525 g/mol. The molecule has 0 spiro atoms. The summed E-state index contributed by atoms with van der Waals surface area (Å²) >= 11 is 0. The summed E-state index contributed by atoms with van der Waals surface area (Å²) in [7, 11) is 4.41. The minimum absolute atomic E-state index is 0.301. The molecule has 0 bridgehead atoms. The lowest BCUT2D eigenvalue weighted by Crippen LogP contribution is -2.49. The zero-order valence-electron chi connectivity index (χ0n) is 22.9. The summed E-state index contributed by atoms with van der Waals surface area (Å²) < 4.78 is 16.5. The largest absolute Gasteiger partial charge is 0.493 e. The number of benzene rings is 3. The molecule has 2 amide bonds. The maximum atomic E-state index is 13.9. The Kier molecular flexibility index (Phi) is 9.20. The zero-order chi connectivity index (χ0) is 28.6. The molecule has 39 heavy (non-hydrogen) atoms. The number of nitrogens with one attached hydrogen (secondary N) is 1. The topological polar surface area (TPSA) is 101 Å². The van der Waals surface area contributed by atoms with Crippen molar-refractivity contribution in [1.29, 1.82) is 5.26 Å². The van der Waals surface area contributed by atoms with Crippen LogP contribution in [0, 0.1) is 23.2 Å². The number of methoxy groups -OCH3 is 3. The second-order valence-electron chi connectivity index (χ2n) is 9.55. The van der Waals surface area contributed by atoms with Crippen molar-refractivity contribution in [2.45, 2.75) is 32.4 Å². The molecule has 0 aromatic heterocycles. The summed E-state index contributed by atoms with van der Waals surface area (Å²) in [5, 5.41) is 12.3. The number of rotatable bonds is 7. The van der Waals surface area contributed by atoms with E-state index in [2.05, 4.69) is 23.2 Å². The molecule has 1 N–H and O–H groups in total. The Morgan fingerprint density at radius 1 is 0.872 bits per heavy atom. The van der Waals surface area contributed by atoms with Crippen molar-refractivity contribution in [1.82, 2.24) is 5.32 Å². The number of nitriles is 1. The molecule has 200 valence electrons. The Balaban J connectivity index is 2.29. The van der Waals surface area contributed by atoms with Gasteiger partial charge < -0.3 is 19.5 Å². The fourth-order valence-electron chi connectivity index (χ4n) is 3.89. The van der Waals surface area contributed by atoms with E-state index in [4.69, 9.17) is 14.2 Å². The molecule has 0 saturated carbocycles. The van der Waals surface area contributed by atoms with Crippen molar-refractivity contribution in [2.24, 2.45) is 0 Å². The van der Waals surface area contributed by atoms with Crippen LogP contribution in [-0.4, -0.2) is 38.7 Å². The van der Waals surface area contributed by atoms with Crippen molar-refractivity contribution in [3.05, 3.63) is 83.4 Å². The summed E-state index contributed by atoms with van der Waals surface area (Å²) in [5.41, 5.74) is 1.25. The SMILES string of the molecule is COc1cc(N(C(=O)C#Cc2ccccc2)C(C(=O)NC(C)(C)C)c2ccc(C#N)cc2)cc(OC)c1OC. The van der Waals surface area contributed by atoms with E-state index in [0.717, 1.165) is 0 Å². The lowest BCUT2D eigenvalue weighted by atomic mass is 9.99. The normalized spacial score (nSPS) is 11.2. The van der Waals surface area contributed by atoms with Gasteiger partial charge in [0.05, 0.1) is 38.6 Å². The maximum Gasteiger partial charge on any atom is 0.304 e. The van der Waals surface area contributed by atoms with Gasteiger partial charge in [0.15, 0.2) is 11.5 Å².